The molecule has 0 amide bonds. The van der Waals surface area contributed by atoms with Crippen molar-refractivity contribution in [1.82, 2.24) is 0 Å². The first-order valence-corrected chi connectivity index (χ1v) is 6.05. The van der Waals surface area contributed by atoms with Crippen LogP contribution in [0.5, 0.6) is 5.75 Å². The van der Waals surface area contributed by atoms with Gasteiger partial charge in [0.15, 0.2) is 0 Å². The minimum atomic E-state index is -0.587. The molecule has 19 heavy (non-hydrogen) atoms. The van der Waals surface area contributed by atoms with E-state index in [4.69, 9.17) is 20.8 Å². The van der Waals surface area contributed by atoms with Gasteiger partial charge >= 0.3 is 5.88 Å². The second-order valence-corrected chi connectivity index (χ2v) is 4.44. The van der Waals surface area contributed by atoms with Gasteiger partial charge in [0.25, 0.3) is 0 Å². The van der Waals surface area contributed by atoms with E-state index in [9.17, 15) is 10.1 Å². The first kappa shape index (κ1) is 13.4. The molecule has 2 rings (SSSR count). The lowest BCUT2D eigenvalue weighted by Crippen LogP contribution is -1.97. The molecule has 1 unspecified atom stereocenters. The van der Waals surface area contributed by atoms with Crippen LogP contribution in [0.15, 0.2) is 40.8 Å². The number of alkyl halides is 1. The van der Waals surface area contributed by atoms with Gasteiger partial charge in [-0.2, -0.15) is 0 Å². The molecule has 0 spiro atoms. The third kappa shape index (κ3) is 3.06. The van der Waals surface area contributed by atoms with Gasteiger partial charge in [0.05, 0.1) is 18.6 Å². The zero-order valence-electron chi connectivity index (χ0n) is 10.2. The summed E-state index contributed by atoms with van der Waals surface area (Å²) in [6, 6.07) is 10.3. The monoisotopic (exact) mass is 281 g/mol. The lowest BCUT2D eigenvalue weighted by Gasteiger charge is -2.10. The maximum atomic E-state index is 10.5. The largest absolute Gasteiger partial charge is 0.496 e. The van der Waals surface area contributed by atoms with Crippen molar-refractivity contribution < 1.29 is 14.1 Å². The maximum Gasteiger partial charge on any atom is 0.433 e. The fourth-order valence-electron chi connectivity index (χ4n) is 1.77. The highest BCUT2D eigenvalue weighted by Crippen LogP contribution is 2.31. The summed E-state index contributed by atoms with van der Waals surface area (Å²) in [5.41, 5.74) is 0.920. The second kappa shape index (κ2) is 5.75. The molecular weight excluding hydrogens is 270 g/mol. The molecule has 100 valence electrons. The summed E-state index contributed by atoms with van der Waals surface area (Å²) < 4.78 is 10.3. The Morgan fingerprint density at radius 2 is 2.11 bits per heavy atom. The highest BCUT2D eigenvalue weighted by molar-refractivity contribution is 6.20. The molecule has 0 saturated heterocycles. The van der Waals surface area contributed by atoms with Crippen LogP contribution in [0.3, 0.4) is 0 Å². The van der Waals surface area contributed by atoms with Gasteiger partial charge in [0.1, 0.15) is 16.4 Å². The summed E-state index contributed by atoms with van der Waals surface area (Å²) in [5, 5.41) is 10.1. The smallest absolute Gasteiger partial charge is 0.433 e. The molecular formula is C13H12ClNO4. The number of nitro groups is 1. The highest BCUT2D eigenvalue weighted by Gasteiger charge is 2.19. The zero-order chi connectivity index (χ0) is 13.8. The Morgan fingerprint density at radius 3 is 2.74 bits per heavy atom. The molecule has 1 heterocycles. The van der Waals surface area contributed by atoms with Crippen molar-refractivity contribution in [3.8, 4) is 5.75 Å². The number of para-hydroxylation sites is 1. The normalized spacial score (nSPS) is 12.1. The number of rotatable bonds is 5. The van der Waals surface area contributed by atoms with Crippen LogP contribution in [0.2, 0.25) is 0 Å². The average molecular weight is 282 g/mol. The predicted octanol–water partition coefficient (Wildman–Crippen LogP) is 3.72. The summed E-state index contributed by atoms with van der Waals surface area (Å²) in [6.07, 6.45) is 0.468. The summed E-state index contributed by atoms with van der Waals surface area (Å²) in [7, 11) is 1.58. The summed E-state index contributed by atoms with van der Waals surface area (Å²) >= 11 is 6.22. The van der Waals surface area contributed by atoms with Crippen LogP contribution in [-0.4, -0.2) is 12.0 Å². The van der Waals surface area contributed by atoms with Gasteiger partial charge in [-0.05, 0) is 24.1 Å². The molecule has 0 aliphatic rings. The van der Waals surface area contributed by atoms with Crippen LogP contribution < -0.4 is 4.74 Å². The van der Waals surface area contributed by atoms with Crippen molar-refractivity contribution in [1.29, 1.82) is 0 Å². The van der Waals surface area contributed by atoms with Crippen molar-refractivity contribution in [2.45, 2.75) is 11.8 Å². The fourth-order valence-corrected chi connectivity index (χ4v) is 2.06. The number of nitrogens with zero attached hydrogens (tertiary/aromatic N) is 1. The lowest BCUT2D eigenvalue weighted by atomic mass is 10.1. The molecule has 0 N–H and O–H groups in total. The number of ether oxygens (including phenoxy) is 1. The number of halogens is 1. The number of methoxy groups -OCH3 is 1. The average Bonchev–Trinajstić information content (AvgIpc) is 2.89. The number of furan rings is 1. The standard InChI is InChI=1S/C13H12ClNO4/c1-18-11-5-3-2-4-9(11)8-10(14)12-6-7-13(19-12)15(16)17/h2-7,10H,8H2,1H3. The van der Waals surface area contributed by atoms with Crippen LogP contribution in [0.4, 0.5) is 5.88 Å². The van der Waals surface area contributed by atoms with E-state index in [-0.39, 0.29) is 5.88 Å². The first-order valence-electron chi connectivity index (χ1n) is 5.62. The number of benzene rings is 1. The first-order chi connectivity index (χ1) is 9.11. The van der Waals surface area contributed by atoms with E-state index in [1.54, 1.807) is 7.11 Å². The van der Waals surface area contributed by atoms with Crippen LogP contribution in [-0.2, 0) is 6.42 Å². The van der Waals surface area contributed by atoms with E-state index in [1.807, 2.05) is 24.3 Å². The third-order valence-corrected chi connectivity index (χ3v) is 3.06. The molecule has 0 saturated carbocycles. The minimum Gasteiger partial charge on any atom is -0.496 e. The highest BCUT2D eigenvalue weighted by atomic mass is 35.5. The molecule has 0 aliphatic heterocycles. The van der Waals surface area contributed by atoms with Gasteiger partial charge in [-0.15, -0.1) is 11.6 Å². The van der Waals surface area contributed by atoms with E-state index >= 15 is 0 Å². The van der Waals surface area contributed by atoms with Crippen LogP contribution in [0, 0.1) is 10.1 Å². The lowest BCUT2D eigenvalue weighted by molar-refractivity contribution is -0.402. The molecule has 2 aromatic rings. The van der Waals surface area contributed by atoms with Crippen molar-refractivity contribution in [3.63, 3.8) is 0 Å². The molecule has 0 radical (unpaired) electrons. The van der Waals surface area contributed by atoms with Gasteiger partial charge < -0.3 is 9.15 Å². The van der Waals surface area contributed by atoms with Crippen LogP contribution in [0.25, 0.3) is 0 Å². The predicted molar refractivity (Wildman–Crippen MR) is 70.7 cm³/mol. The summed E-state index contributed by atoms with van der Waals surface area (Å²) in [6.45, 7) is 0. The van der Waals surface area contributed by atoms with E-state index in [0.717, 1.165) is 11.3 Å². The van der Waals surface area contributed by atoms with E-state index in [1.165, 1.54) is 12.1 Å². The van der Waals surface area contributed by atoms with Gasteiger partial charge in [-0.3, -0.25) is 10.1 Å². The van der Waals surface area contributed by atoms with E-state index in [0.29, 0.717) is 12.2 Å². The molecule has 0 aliphatic carbocycles. The fraction of sp³-hybridized carbons (Fsp3) is 0.231. The van der Waals surface area contributed by atoms with E-state index in [2.05, 4.69) is 0 Å². The zero-order valence-corrected chi connectivity index (χ0v) is 11.0. The van der Waals surface area contributed by atoms with Crippen molar-refractivity contribution in [2.75, 3.05) is 7.11 Å². The Hall–Kier alpha value is -2.01. The third-order valence-electron chi connectivity index (χ3n) is 2.69. The Bertz CT molecular complexity index is 582. The van der Waals surface area contributed by atoms with Gasteiger partial charge in [0, 0.05) is 0 Å². The molecule has 6 heteroatoms. The van der Waals surface area contributed by atoms with Crippen molar-refractivity contribution >= 4 is 17.5 Å². The molecule has 1 aromatic heterocycles. The topological polar surface area (TPSA) is 65.5 Å². The molecule has 1 aromatic carbocycles. The van der Waals surface area contributed by atoms with Gasteiger partial charge in [0.2, 0.25) is 0 Å². The number of hydrogen-bond acceptors (Lipinski definition) is 4. The van der Waals surface area contributed by atoms with E-state index < -0.39 is 10.3 Å². The Balaban J connectivity index is 2.15. The Labute approximate surface area is 114 Å². The maximum absolute atomic E-state index is 10.5. The summed E-state index contributed by atoms with van der Waals surface area (Å²) in [5.74, 6) is 0.800. The SMILES string of the molecule is COc1ccccc1CC(Cl)c1ccc([N+](=O)[O-])o1. The Kier molecular flexibility index (Phi) is 4.06. The Morgan fingerprint density at radius 1 is 1.37 bits per heavy atom. The minimum absolute atomic E-state index is 0.305. The van der Waals surface area contributed by atoms with Crippen molar-refractivity contribution in [3.05, 3.63) is 57.8 Å². The molecule has 1 atom stereocenters. The number of hydrogen-bond donors (Lipinski definition) is 0. The van der Waals surface area contributed by atoms with Gasteiger partial charge in [-0.25, -0.2) is 0 Å². The van der Waals surface area contributed by atoms with Gasteiger partial charge in [-0.1, -0.05) is 18.2 Å². The molecule has 0 bridgehead atoms. The van der Waals surface area contributed by atoms with Crippen LogP contribution >= 0.6 is 11.6 Å². The van der Waals surface area contributed by atoms with Crippen molar-refractivity contribution in [2.24, 2.45) is 0 Å². The molecule has 5 nitrogen and oxygen atoms in total. The van der Waals surface area contributed by atoms with Crippen LogP contribution in [0.1, 0.15) is 16.7 Å². The quantitative estimate of drug-likeness (QED) is 0.476. The second-order valence-electron chi connectivity index (χ2n) is 3.92. The molecule has 0 fully saturated rings. The summed E-state index contributed by atoms with van der Waals surface area (Å²) in [4.78, 5) is 9.96.